The van der Waals surface area contributed by atoms with Crippen LogP contribution in [-0.4, -0.2) is 28.6 Å². The average molecular weight is 326 g/mol. The molecule has 2 aromatic rings. The van der Waals surface area contributed by atoms with Crippen LogP contribution in [0.4, 0.5) is 13.2 Å². The Morgan fingerprint density at radius 1 is 1.35 bits per heavy atom. The Balaban J connectivity index is 2.22. The summed E-state index contributed by atoms with van der Waals surface area (Å²) in [7, 11) is -3.91. The lowest BCUT2D eigenvalue weighted by molar-refractivity contribution is -0.140. The fourth-order valence-electron chi connectivity index (χ4n) is 1.31. The van der Waals surface area contributed by atoms with Gasteiger partial charge in [0.1, 0.15) is 16.6 Å². The first-order valence-corrected chi connectivity index (χ1v) is 7.91. The Labute approximate surface area is 116 Å². The van der Waals surface area contributed by atoms with Gasteiger partial charge in [-0.15, -0.1) is 16.4 Å². The second-order valence-corrected chi connectivity index (χ2v) is 6.63. The zero-order valence-electron chi connectivity index (χ0n) is 10.1. The third-order valence-corrected chi connectivity index (χ3v) is 4.70. The van der Waals surface area contributed by atoms with E-state index in [9.17, 15) is 21.6 Å². The number of alkyl halides is 3. The molecule has 2 heterocycles. The van der Waals surface area contributed by atoms with Crippen LogP contribution in [0, 0.1) is 0 Å². The molecule has 11 heteroatoms. The van der Waals surface area contributed by atoms with Crippen molar-refractivity contribution in [2.24, 2.45) is 0 Å². The molecule has 0 bridgehead atoms. The molecule has 0 fully saturated rings. The summed E-state index contributed by atoms with van der Waals surface area (Å²) in [6.07, 6.45) is -4.11. The van der Waals surface area contributed by atoms with Crippen LogP contribution >= 0.6 is 11.3 Å². The van der Waals surface area contributed by atoms with Gasteiger partial charge in [0.05, 0.1) is 0 Å². The summed E-state index contributed by atoms with van der Waals surface area (Å²) >= 11 is 0.634. The van der Waals surface area contributed by atoms with Gasteiger partial charge in [0.15, 0.2) is 5.69 Å². The lowest BCUT2D eigenvalue weighted by atomic mass is 10.5. The van der Waals surface area contributed by atoms with Crippen molar-refractivity contribution in [3.8, 4) is 0 Å². The van der Waals surface area contributed by atoms with E-state index in [1.54, 1.807) is 6.92 Å². The number of nitrogens with one attached hydrogen (secondary N) is 1. The Kier molecular flexibility index (Phi) is 3.82. The Morgan fingerprint density at radius 3 is 2.55 bits per heavy atom. The van der Waals surface area contributed by atoms with Crippen LogP contribution in [0.3, 0.4) is 0 Å². The highest BCUT2D eigenvalue weighted by atomic mass is 32.2. The number of aromatic nitrogens is 4. The predicted molar refractivity (Wildman–Crippen MR) is 63.8 cm³/mol. The van der Waals surface area contributed by atoms with E-state index < -0.39 is 32.6 Å². The third kappa shape index (κ3) is 3.15. The van der Waals surface area contributed by atoms with Gasteiger partial charge in [-0.1, -0.05) is 6.92 Å². The summed E-state index contributed by atoms with van der Waals surface area (Å²) in [5, 5.41) is 6.17. The Morgan fingerprint density at radius 2 is 2.05 bits per heavy atom. The molecule has 0 aliphatic carbocycles. The van der Waals surface area contributed by atoms with Crippen LogP contribution in [0.25, 0.3) is 0 Å². The van der Waals surface area contributed by atoms with Crippen molar-refractivity contribution in [2.45, 2.75) is 30.4 Å². The highest BCUT2D eigenvalue weighted by molar-refractivity contribution is 7.90. The van der Waals surface area contributed by atoms with E-state index in [0.29, 0.717) is 23.6 Å². The maximum absolute atomic E-state index is 12.4. The second kappa shape index (κ2) is 5.13. The van der Waals surface area contributed by atoms with Crippen molar-refractivity contribution in [1.82, 2.24) is 20.2 Å². The van der Waals surface area contributed by atoms with Crippen LogP contribution in [0.15, 0.2) is 10.5 Å². The number of aromatic amines is 1. The molecule has 2 rings (SSSR count). The zero-order chi connectivity index (χ0) is 15.0. The number of thiazole rings is 1. The van der Waals surface area contributed by atoms with E-state index in [4.69, 9.17) is 0 Å². The summed E-state index contributed by atoms with van der Waals surface area (Å²) in [5.41, 5.74) is -1.10. The molecule has 0 saturated carbocycles. The summed E-state index contributed by atoms with van der Waals surface area (Å²) in [6.45, 7) is 1.76. The van der Waals surface area contributed by atoms with Gasteiger partial charge in [-0.25, -0.2) is 18.4 Å². The summed E-state index contributed by atoms with van der Waals surface area (Å²) < 4.78 is 61.0. The third-order valence-electron chi connectivity index (χ3n) is 2.28. The molecule has 0 atom stereocenters. The van der Waals surface area contributed by atoms with Gasteiger partial charge < -0.3 is 0 Å². The zero-order valence-corrected chi connectivity index (χ0v) is 11.7. The molecule has 0 spiro atoms. The van der Waals surface area contributed by atoms with Gasteiger partial charge >= 0.3 is 6.18 Å². The van der Waals surface area contributed by atoms with Crippen LogP contribution in [0.5, 0.6) is 0 Å². The quantitative estimate of drug-likeness (QED) is 0.926. The summed E-state index contributed by atoms with van der Waals surface area (Å²) in [6, 6.07) is 0. The maximum Gasteiger partial charge on any atom is 0.434 e. The van der Waals surface area contributed by atoms with E-state index in [1.807, 2.05) is 0 Å². The number of sulfone groups is 1. The average Bonchev–Trinajstić information content (AvgIpc) is 2.95. The molecule has 20 heavy (non-hydrogen) atoms. The molecule has 0 radical (unpaired) electrons. The standard InChI is InChI=1S/C9H9F3N4O2S2/c1-2-6-14-8(16-15-6)20(17,18)4-7-13-5(3-19-7)9(10,11)12/h3H,2,4H2,1H3,(H,14,15,16). The van der Waals surface area contributed by atoms with E-state index >= 15 is 0 Å². The minimum absolute atomic E-state index is 0.153. The second-order valence-electron chi connectivity index (χ2n) is 3.80. The van der Waals surface area contributed by atoms with E-state index in [-0.39, 0.29) is 5.01 Å². The Bertz CT molecular complexity index is 705. The van der Waals surface area contributed by atoms with Crippen LogP contribution in [-0.2, 0) is 28.2 Å². The summed E-state index contributed by atoms with van der Waals surface area (Å²) in [5.74, 6) is -0.270. The summed E-state index contributed by atoms with van der Waals surface area (Å²) in [4.78, 5) is 7.02. The van der Waals surface area contributed by atoms with Crippen molar-refractivity contribution >= 4 is 21.2 Å². The van der Waals surface area contributed by atoms with Gasteiger partial charge in [-0.3, -0.25) is 5.10 Å². The monoisotopic (exact) mass is 326 g/mol. The van der Waals surface area contributed by atoms with Crippen molar-refractivity contribution in [2.75, 3.05) is 0 Å². The molecule has 2 aromatic heterocycles. The topological polar surface area (TPSA) is 88.6 Å². The molecule has 110 valence electrons. The van der Waals surface area contributed by atoms with Crippen molar-refractivity contribution in [3.63, 3.8) is 0 Å². The van der Waals surface area contributed by atoms with Crippen LogP contribution in [0.1, 0.15) is 23.4 Å². The smallest absolute Gasteiger partial charge is 0.262 e. The molecule has 0 aromatic carbocycles. The minimum atomic E-state index is -4.58. The number of H-pyrrole nitrogens is 1. The number of hydrogen-bond acceptors (Lipinski definition) is 6. The van der Waals surface area contributed by atoms with Crippen molar-refractivity contribution < 1.29 is 21.6 Å². The van der Waals surface area contributed by atoms with Crippen LogP contribution in [0.2, 0.25) is 0 Å². The van der Waals surface area contributed by atoms with Crippen molar-refractivity contribution in [3.05, 3.63) is 21.9 Å². The molecular formula is C9H9F3N4O2S2. The first-order valence-electron chi connectivity index (χ1n) is 5.38. The number of halogens is 3. The van der Waals surface area contributed by atoms with E-state index in [2.05, 4.69) is 20.2 Å². The predicted octanol–water partition coefficient (Wildman–Crippen LogP) is 1.82. The molecule has 1 N–H and O–H groups in total. The fraction of sp³-hybridized carbons (Fsp3) is 0.444. The van der Waals surface area contributed by atoms with Gasteiger partial charge in [0, 0.05) is 11.8 Å². The molecule has 0 unspecified atom stereocenters. The van der Waals surface area contributed by atoms with Gasteiger partial charge in [-0.05, 0) is 0 Å². The molecule has 0 aliphatic heterocycles. The molecule has 0 saturated heterocycles. The van der Waals surface area contributed by atoms with Gasteiger partial charge in [-0.2, -0.15) is 13.2 Å². The normalized spacial score (nSPS) is 12.8. The number of aryl methyl sites for hydroxylation is 1. The Hall–Kier alpha value is -1.49. The van der Waals surface area contributed by atoms with Gasteiger partial charge in [0.25, 0.3) is 5.16 Å². The molecule has 0 amide bonds. The first kappa shape index (κ1) is 14.9. The molecule has 6 nitrogen and oxygen atoms in total. The minimum Gasteiger partial charge on any atom is -0.262 e. The molecular weight excluding hydrogens is 317 g/mol. The van der Waals surface area contributed by atoms with E-state index in [1.165, 1.54) is 0 Å². The van der Waals surface area contributed by atoms with Crippen molar-refractivity contribution in [1.29, 1.82) is 0 Å². The van der Waals surface area contributed by atoms with Crippen LogP contribution < -0.4 is 0 Å². The lowest BCUT2D eigenvalue weighted by Gasteiger charge is -2.00. The highest BCUT2D eigenvalue weighted by Crippen LogP contribution is 2.30. The molecule has 0 aliphatic rings. The largest absolute Gasteiger partial charge is 0.434 e. The first-order chi connectivity index (χ1) is 9.22. The van der Waals surface area contributed by atoms with Gasteiger partial charge in [0.2, 0.25) is 9.84 Å². The SMILES string of the molecule is CCc1nc(S(=O)(=O)Cc2nc(C(F)(F)F)cs2)n[nH]1. The fourth-order valence-corrected chi connectivity index (χ4v) is 3.58. The number of nitrogens with zero attached hydrogens (tertiary/aromatic N) is 3. The van der Waals surface area contributed by atoms with E-state index in [0.717, 1.165) is 5.38 Å². The highest BCUT2D eigenvalue weighted by Gasteiger charge is 2.34. The number of rotatable bonds is 4. The number of hydrogen-bond donors (Lipinski definition) is 1. The lowest BCUT2D eigenvalue weighted by Crippen LogP contribution is -2.09. The maximum atomic E-state index is 12.4.